The van der Waals surface area contributed by atoms with Crippen LogP contribution in [0.15, 0.2) is 60.7 Å². The lowest BCUT2D eigenvalue weighted by Crippen LogP contribution is -2.46. The van der Waals surface area contributed by atoms with E-state index in [-0.39, 0.29) is 28.1 Å². The Morgan fingerprint density at radius 2 is 1.73 bits per heavy atom. The number of ether oxygens (including phenoxy) is 1. The third-order valence-corrected chi connectivity index (χ3v) is 6.17. The van der Waals surface area contributed by atoms with Gasteiger partial charge in [-0.15, -0.1) is 0 Å². The quantitative estimate of drug-likeness (QED) is 0.483. The van der Waals surface area contributed by atoms with Crippen molar-refractivity contribution in [2.45, 2.75) is 6.54 Å². The second-order valence-corrected chi connectivity index (χ2v) is 8.67. The zero-order valence-electron chi connectivity index (χ0n) is 18.2. The number of nitrogens with zero attached hydrogens (tertiary/aromatic N) is 2. The van der Waals surface area contributed by atoms with Crippen molar-refractivity contribution < 1.29 is 13.9 Å². The highest BCUT2D eigenvalue weighted by molar-refractivity contribution is 6.36. The van der Waals surface area contributed by atoms with Crippen LogP contribution in [-0.2, 0) is 6.54 Å². The molecule has 0 radical (unpaired) electrons. The Bertz CT molecular complexity index is 1130. The topological polar surface area (TPSA) is 44.8 Å². The van der Waals surface area contributed by atoms with Crippen molar-refractivity contribution in [3.05, 3.63) is 87.7 Å². The van der Waals surface area contributed by atoms with Crippen LogP contribution >= 0.6 is 23.2 Å². The molecule has 1 heterocycles. The van der Waals surface area contributed by atoms with Crippen molar-refractivity contribution in [3.8, 4) is 5.75 Å². The maximum atomic E-state index is 13.9. The number of anilines is 2. The summed E-state index contributed by atoms with van der Waals surface area (Å²) in [6.45, 7) is 4.00. The minimum absolute atomic E-state index is 0.157. The standard InChI is InChI=1S/C25H24Cl2FN3O2/c1-33-24-21(14-18(26)15-22(24)27)25(32)29-19-6-8-20(9-7-19)31-12-10-30(11-13-31)16-17-4-2-3-5-23(17)28/h2-9,14-15H,10-13,16H2,1H3,(H,29,32). The largest absolute Gasteiger partial charge is 0.494 e. The Hall–Kier alpha value is -2.80. The van der Waals surface area contributed by atoms with E-state index in [0.29, 0.717) is 17.3 Å². The number of carbonyl (C=O) groups is 1. The molecule has 1 N–H and O–H groups in total. The van der Waals surface area contributed by atoms with Crippen molar-refractivity contribution in [2.75, 3.05) is 43.5 Å². The molecule has 1 saturated heterocycles. The summed E-state index contributed by atoms with van der Waals surface area (Å²) in [5.74, 6) is -0.232. The van der Waals surface area contributed by atoms with Gasteiger partial charge in [0.1, 0.15) is 11.6 Å². The second kappa shape index (κ2) is 10.4. The second-order valence-electron chi connectivity index (χ2n) is 7.82. The number of amides is 1. The molecule has 8 heteroatoms. The van der Waals surface area contributed by atoms with Gasteiger partial charge in [0.15, 0.2) is 0 Å². The minimum atomic E-state index is -0.356. The first-order valence-electron chi connectivity index (χ1n) is 10.6. The van der Waals surface area contributed by atoms with Crippen LogP contribution in [0.2, 0.25) is 10.0 Å². The van der Waals surface area contributed by atoms with E-state index in [4.69, 9.17) is 27.9 Å². The Kier molecular flexibility index (Phi) is 7.38. The molecule has 3 aromatic rings. The highest BCUT2D eigenvalue weighted by Gasteiger charge is 2.19. The third-order valence-electron chi connectivity index (χ3n) is 5.67. The molecule has 1 amide bonds. The third kappa shape index (κ3) is 5.58. The van der Waals surface area contributed by atoms with Gasteiger partial charge in [0, 0.05) is 54.7 Å². The summed E-state index contributed by atoms with van der Waals surface area (Å²) >= 11 is 12.2. The molecule has 4 rings (SSSR count). The van der Waals surface area contributed by atoms with Crippen molar-refractivity contribution in [1.82, 2.24) is 4.90 Å². The van der Waals surface area contributed by atoms with Gasteiger partial charge in [-0.25, -0.2) is 4.39 Å². The van der Waals surface area contributed by atoms with E-state index in [9.17, 15) is 9.18 Å². The van der Waals surface area contributed by atoms with Gasteiger partial charge in [-0.1, -0.05) is 41.4 Å². The van der Waals surface area contributed by atoms with Crippen LogP contribution in [-0.4, -0.2) is 44.1 Å². The zero-order valence-corrected chi connectivity index (χ0v) is 19.7. The van der Waals surface area contributed by atoms with Crippen LogP contribution in [0.3, 0.4) is 0 Å². The normalized spacial score (nSPS) is 14.2. The molecule has 1 aliphatic rings. The Labute approximate surface area is 202 Å². The van der Waals surface area contributed by atoms with Crippen LogP contribution in [0.5, 0.6) is 5.75 Å². The number of carbonyl (C=O) groups excluding carboxylic acids is 1. The molecule has 33 heavy (non-hydrogen) atoms. The average Bonchev–Trinajstić information content (AvgIpc) is 2.81. The molecule has 0 atom stereocenters. The van der Waals surface area contributed by atoms with Crippen LogP contribution in [0.1, 0.15) is 15.9 Å². The van der Waals surface area contributed by atoms with Gasteiger partial charge >= 0.3 is 0 Å². The van der Waals surface area contributed by atoms with E-state index in [2.05, 4.69) is 15.1 Å². The van der Waals surface area contributed by atoms with Gasteiger partial charge in [0.05, 0.1) is 17.7 Å². The molecule has 0 unspecified atom stereocenters. The van der Waals surface area contributed by atoms with E-state index >= 15 is 0 Å². The molecule has 5 nitrogen and oxygen atoms in total. The first kappa shape index (κ1) is 23.4. The first-order valence-corrected chi connectivity index (χ1v) is 11.4. The van der Waals surface area contributed by atoms with E-state index in [1.807, 2.05) is 36.4 Å². The average molecular weight is 488 g/mol. The van der Waals surface area contributed by atoms with Gasteiger partial charge in [0.2, 0.25) is 0 Å². The minimum Gasteiger partial charge on any atom is -0.494 e. The maximum absolute atomic E-state index is 13.9. The lowest BCUT2D eigenvalue weighted by atomic mass is 10.1. The fourth-order valence-electron chi connectivity index (χ4n) is 3.92. The molecule has 1 aliphatic heterocycles. The summed E-state index contributed by atoms with van der Waals surface area (Å²) < 4.78 is 19.2. The van der Waals surface area contributed by atoms with E-state index < -0.39 is 0 Å². The molecule has 3 aromatic carbocycles. The monoisotopic (exact) mass is 487 g/mol. The number of hydrogen-bond donors (Lipinski definition) is 1. The summed E-state index contributed by atoms with van der Waals surface area (Å²) in [6.07, 6.45) is 0. The molecule has 172 valence electrons. The lowest BCUT2D eigenvalue weighted by molar-refractivity contribution is 0.102. The molecule has 1 fully saturated rings. The summed E-state index contributed by atoms with van der Waals surface area (Å²) in [6, 6.07) is 17.6. The molecular formula is C25H24Cl2FN3O2. The molecule has 0 spiro atoms. The number of hydrogen-bond acceptors (Lipinski definition) is 4. The Morgan fingerprint density at radius 3 is 2.39 bits per heavy atom. The zero-order chi connectivity index (χ0) is 23.4. The lowest BCUT2D eigenvalue weighted by Gasteiger charge is -2.36. The SMILES string of the molecule is COc1c(Cl)cc(Cl)cc1C(=O)Nc1ccc(N2CCN(Cc3ccccc3F)CC2)cc1. The summed E-state index contributed by atoms with van der Waals surface area (Å²) in [5.41, 5.74) is 2.72. The summed E-state index contributed by atoms with van der Waals surface area (Å²) in [7, 11) is 1.46. The maximum Gasteiger partial charge on any atom is 0.259 e. The number of methoxy groups -OCH3 is 1. The van der Waals surface area contributed by atoms with Crippen LogP contribution < -0.4 is 15.0 Å². The van der Waals surface area contributed by atoms with Gasteiger partial charge in [-0.05, 0) is 42.5 Å². The smallest absolute Gasteiger partial charge is 0.259 e. The van der Waals surface area contributed by atoms with Gasteiger partial charge in [0.25, 0.3) is 5.91 Å². The van der Waals surface area contributed by atoms with E-state index in [1.54, 1.807) is 6.07 Å². The first-order chi connectivity index (χ1) is 15.9. The highest BCUT2D eigenvalue weighted by Crippen LogP contribution is 2.33. The Balaban J connectivity index is 1.36. The van der Waals surface area contributed by atoms with E-state index in [0.717, 1.165) is 37.4 Å². The molecule has 0 aromatic heterocycles. The van der Waals surface area contributed by atoms with Gasteiger partial charge in [-0.2, -0.15) is 0 Å². The fourth-order valence-corrected chi connectivity index (χ4v) is 4.49. The number of benzene rings is 3. The number of piperazine rings is 1. The predicted octanol–water partition coefficient (Wildman–Crippen LogP) is 5.72. The number of halogens is 3. The summed E-state index contributed by atoms with van der Waals surface area (Å²) in [4.78, 5) is 17.3. The number of rotatable bonds is 6. The van der Waals surface area contributed by atoms with Crippen molar-refractivity contribution >= 4 is 40.5 Å². The molecule has 0 aliphatic carbocycles. The van der Waals surface area contributed by atoms with Crippen molar-refractivity contribution in [2.24, 2.45) is 0 Å². The molecule has 0 bridgehead atoms. The Morgan fingerprint density at radius 1 is 1.03 bits per heavy atom. The van der Waals surface area contributed by atoms with Crippen LogP contribution in [0.4, 0.5) is 15.8 Å². The van der Waals surface area contributed by atoms with Crippen LogP contribution in [0.25, 0.3) is 0 Å². The molecular weight excluding hydrogens is 464 g/mol. The van der Waals surface area contributed by atoms with Crippen molar-refractivity contribution in [1.29, 1.82) is 0 Å². The van der Waals surface area contributed by atoms with Crippen LogP contribution in [0, 0.1) is 5.82 Å². The molecule has 0 saturated carbocycles. The van der Waals surface area contributed by atoms with Gasteiger partial charge < -0.3 is 15.0 Å². The van der Waals surface area contributed by atoms with E-state index in [1.165, 1.54) is 25.3 Å². The highest BCUT2D eigenvalue weighted by atomic mass is 35.5. The fraction of sp³-hybridized carbons (Fsp3) is 0.240. The van der Waals surface area contributed by atoms with Crippen molar-refractivity contribution in [3.63, 3.8) is 0 Å². The number of nitrogens with one attached hydrogen (secondary N) is 1. The predicted molar refractivity (Wildman–Crippen MR) is 131 cm³/mol. The summed E-state index contributed by atoms with van der Waals surface area (Å²) in [5, 5.41) is 3.49. The van der Waals surface area contributed by atoms with Gasteiger partial charge in [-0.3, -0.25) is 9.69 Å².